The Hall–Kier alpha value is -1.39. The van der Waals surface area contributed by atoms with Crippen molar-refractivity contribution in [1.82, 2.24) is 10.6 Å². The SMILES string of the molecule is COCc1ccccc1CNCC(=O)NC1CCCCC1. The lowest BCUT2D eigenvalue weighted by Gasteiger charge is -2.22. The minimum absolute atomic E-state index is 0.103. The van der Waals surface area contributed by atoms with Crippen molar-refractivity contribution in [3.05, 3.63) is 35.4 Å². The molecule has 2 N–H and O–H groups in total. The smallest absolute Gasteiger partial charge is 0.234 e. The van der Waals surface area contributed by atoms with E-state index in [4.69, 9.17) is 4.74 Å². The van der Waals surface area contributed by atoms with Gasteiger partial charge in [-0.2, -0.15) is 0 Å². The van der Waals surface area contributed by atoms with Crippen LogP contribution in [0, 0.1) is 0 Å². The highest BCUT2D eigenvalue weighted by Gasteiger charge is 2.15. The highest BCUT2D eigenvalue weighted by molar-refractivity contribution is 5.78. The van der Waals surface area contributed by atoms with E-state index in [1.54, 1.807) is 7.11 Å². The third kappa shape index (κ3) is 5.48. The standard InChI is InChI=1S/C17H26N2O2/c1-21-13-15-8-6-5-7-14(15)11-18-12-17(20)19-16-9-3-2-4-10-16/h5-8,16,18H,2-4,9-13H2,1H3,(H,19,20). The lowest BCUT2D eigenvalue weighted by Crippen LogP contribution is -2.41. The Morgan fingerprint density at radius 1 is 1.19 bits per heavy atom. The average Bonchev–Trinajstić information content (AvgIpc) is 2.50. The molecule has 1 aliphatic carbocycles. The summed E-state index contributed by atoms with van der Waals surface area (Å²) in [6, 6.07) is 8.53. The van der Waals surface area contributed by atoms with Crippen LogP contribution in [0.5, 0.6) is 0 Å². The lowest BCUT2D eigenvalue weighted by molar-refractivity contribution is -0.121. The van der Waals surface area contributed by atoms with Crippen molar-refractivity contribution in [3.8, 4) is 0 Å². The summed E-state index contributed by atoms with van der Waals surface area (Å²) in [6.45, 7) is 1.67. The number of nitrogens with one attached hydrogen (secondary N) is 2. The predicted octanol–water partition coefficient (Wildman–Crippen LogP) is 2.37. The van der Waals surface area contributed by atoms with Crippen molar-refractivity contribution in [1.29, 1.82) is 0 Å². The first-order chi connectivity index (χ1) is 10.3. The molecule has 1 aromatic carbocycles. The van der Waals surface area contributed by atoms with Crippen LogP contribution in [-0.4, -0.2) is 25.6 Å². The van der Waals surface area contributed by atoms with Gasteiger partial charge in [0.25, 0.3) is 0 Å². The molecule has 1 saturated carbocycles. The first kappa shape index (κ1) is 16.0. The number of hydrogen-bond donors (Lipinski definition) is 2. The molecule has 1 amide bonds. The normalized spacial score (nSPS) is 15.9. The molecule has 0 unspecified atom stereocenters. The van der Waals surface area contributed by atoms with Crippen molar-refractivity contribution in [2.24, 2.45) is 0 Å². The van der Waals surface area contributed by atoms with Crippen molar-refractivity contribution in [2.75, 3.05) is 13.7 Å². The van der Waals surface area contributed by atoms with E-state index in [0.717, 1.165) is 12.8 Å². The fourth-order valence-electron chi connectivity index (χ4n) is 2.86. The quantitative estimate of drug-likeness (QED) is 0.810. The van der Waals surface area contributed by atoms with Gasteiger partial charge in [0.2, 0.25) is 5.91 Å². The molecule has 116 valence electrons. The van der Waals surface area contributed by atoms with Gasteiger partial charge < -0.3 is 15.4 Å². The Kier molecular flexibility index (Phi) is 6.70. The zero-order chi connectivity index (χ0) is 14.9. The van der Waals surface area contributed by atoms with Crippen molar-refractivity contribution >= 4 is 5.91 Å². The maximum absolute atomic E-state index is 11.9. The molecular weight excluding hydrogens is 264 g/mol. The molecule has 1 aromatic rings. The van der Waals surface area contributed by atoms with E-state index >= 15 is 0 Å². The van der Waals surface area contributed by atoms with Crippen LogP contribution in [0.4, 0.5) is 0 Å². The molecule has 0 aromatic heterocycles. The summed E-state index contributed by atoms with van der Waals surface area (Å²) < 4.78 is 5.19. The summed E-state index contributed by atoms with van der Waals surface area (Å²) in [6.07, 6.45) is 6.04. The zero-order valence-corrected chi connectivity index (χ0v) is 12.9. The maximum atomic E-state index is 11.9. The van der Waals surface area contributed by atoms with Gasteiger partial charge in [-0.25, -0.2) is 0 Å². The summed E-state index contributed by atoms with van der Waals surface area (Å²) in [4.78, 5) is 11.9. The Morgan fingerprint density at radius 3 is 2.62 bits per heavy atom. The van der Waals surface area contributed by atoms with E-state index in [-0.39, 0.29) is 5.91 Å². The monoisotopic (exact) mass is 290 g/mol. The summed E-state index contributed by atoms with van der Waals surface area (Å²) in [5, 5.41) is 6.34. The van der Waals surface area contributed by atoms with Gasteiger partial charge in [-0.15, -0.1) is 0 Å². The fraction of sp³-hybridized carbons (Fsp3) is 0.588. The number of carbonyl (C=O) groups excluding carboxylic acids is 1. The molecule has 0 saturated heterocycles. The summed E-state index contributed by atoms with van der Waals surface area (Å²) in [7, 11) is 1.70. The van der Waals surface area contributed by atoms with Crippen LogP contribution >= 0.6 is 0 Å². The average molecular weight is 290 g/mol. The Morgan fingerprint density at radius 2 is 1.90 bits per heavy atom. The van der Waals surface area contributed by atoms with Crippen molar-refractivity contribution in [2.45, 2.75) is 51.3 Å². The molecule has 0 bridgehead atoms. The van der Waals surface area contributed by atoms with Gasteiger partial charge in [-0.1, -0.05) is 43.5 Å². The van der Waals surface area contributed by atoms with E-state index in [9.17, 15) is 4.79 Å². The second kappa shape index (κ2) is 8.80. The number of hydrogen-bond acceptors (Lipinski definition) is 3. The highest BCUT2D eigenvalue weighted by atomic mass is 16.5. The predicted molar refractivity (Wildman–Crippen MR) is 83.9 cm³/mol. The van der Waals surface area contributed by atoms with E-state index in [1.165, 1.54) is 30.4 Å². The molecule has 1 fully saturated rings. The fourth-order valence-corrected chi connectivity index (χ4v) is 2.86. The van der Waals surface area contributed by atoms with E-state index < -0.39 is 0 Å². The van der Waals surface area contributed by atoms with E-state index in [1.807, 2.05) is 12.1 Å². The first-order valence-electron chi connectivity index (χ1n) is 7.85. The third-order valence-corrected chi connectivity index (χ3v) is 3.99. The zero-order valence-electron chi connectivity index (χ0n) is 12.9. The lowest BCUT2D eigenvalue weighted by atomic mass is 9.95. The number of methoxy groups -OCH3 is 1. The summed E-state index contributed by atoms with van der Waals surface area (Å²) >= 11 is 0. The molecule has 0 heterocycles. The van der Waals surface area contributed by atoms with Crippen molar-refractivity contribution < 1.29 is 9.53 Å². The van der Waals surface area contributed by atoms with E-state index in [2.05, 4.69) is 22.8 Å². The van der Waals surface area contributed by atoms with Gasteiger partial charge >= 0.3 is 0 Å². The Balaban J connectivity index is 1.72. The van der Waals surface area contributed by atoms with Gasteiger partial charge in [0.1, 0.15) is 0 Å². The van der Waals surface area contributed by atoms with Crippen molar-refractivity contribution in [3.63, 3.8) is 0 Å². The number of amides is 1. The molecule has 0 atom stereocenters. The summed E-state index contributed by atoms with van der Waals surface area (Å²) in [5.74, 6) is 0.103. The first-order valence-corrected chi connectivity index (χ1v) is 7.85. The molecule has 0 spiro atoms. The number of benzene rings is 1. The van der Waals surface area contributed by atoms with E-state index in [0.29, 0.717) is 25.7 Å². The summed E-state index contributed by atoms with van der Waals surface area (Å²) in [5.41, 5.74) is 2.35. The molecule has 0 aliphatic heterocycles. The van der Waals surface area contributed by atoms with Crippen LogP contribution in [0.2, 0.25) is 0 Å². The number of carbonyl (C=O) groups is 1. The van der Waals surface area contributed by atoms with Gasteiger partial charge in [0.05, 0.1) is 13.2 Å². The maximum Gasteiger partial charge on any atom is 0.234 e. The topological polar surface area (TPSA) is 50.4 Å². The second-order valence-electron chi connectivity index (χ2n) is 5.71. The van der Waals surface area contributed by atoms with Crippen LogP contribution in [0.25, 0.3) is 0 Å². The van der Waals surface area contributed by atoms with Crippen LogP contribution in [0.3, 0.4) is 0 Å². The van der Waals surface area contributed by atoms with Crippen LogP contribution in [0.15, 0.2) is 24.3 Å². The largest absolute Gasteiger partial charge is 0.380 e. The Bertz CT molecular complexity index is 442. The Labute approximate surface area is 127 Å². The molecule has 2 rings (SSSR count). The van der Waals surface area contributed by atoms with Gasteiger partial charge in [-0.05, 0) is 24.0 Å². The number of rotatable bonds is 7. The second-order valence-corrected chi connectivity index (χ2v) is 5.71. The highest BCUT2D eigenvalue weighted by Crippen LogP contribution is 2.17. The van der Waals surface area contributed by atoms with Gasteiger partial charge in [0, 0.05) is 19.7 Å². The minimum atomic E-state index is 0.103. The molecule has 4 nitrogen and oxygen atoms in total. The van der Waals surface area contributed by atoms with Crippen LogP contribution < -0.4 is 10.6 Å². The van der Waals surface area contributed by atoms with Crippen LogP contribution in [0.1, 0.15) is 43.2 Å². The van der Waals surface area contributed by atoms with Gasteiger partial charge in [0.15, 0.2) is 0 Å². The van der Waals surface area contributed by atoms with Gasteiger partial charge in [-0.3, -0.25) is 4.79 Å². The molecule has 4 heteroatoms. The molecule has 0 radical (unpaired) electrons. The molecule has 1 aliphatic rings. The van der Waals surface area contributed by atoms with Crippen LogP contribution in [-0.2, 0) is 22.7 Å². The minimum Gasteiger partial charge on any atom is -0.380 e. The molecule has 21 heavy (non-hydrogen) atoms. The molecular formula is C17H26N2O2. The number of ether oxygens (including phenoxy) is 1. The third-order valence-electron chi connectivity index (χ3n) is 3.99.